The largest absolute Gasteiger partial charge is 0.493 e. The highest BCUT2D eigenvalue weighted by molar-refractivity contribution is 6.30. The van der Waals surface area contributed by atoms with Crippen LogP contribution >= 0.6 is 11.6 Å². The van der Waals surface area contributed by atoms with Crippen molar-refractivity contribution in [3.8, 4) is 17.2 Å². The molecule has 4 rings (SSSR count). The van der Waals surface area contributed by atoms with Crippen LogP contribution in [0.5, 0.6) is 17.2 Å². The van der Waals surface area contributed by atoms with Gasteiger partial charge in [0, 0.05) is 43.5 Å². The summed E-state index contributed by atoms with van der Waals surface area (Å²) in [5, 5.41) is 22.3. The molecule has 1 saturated heterocycles. The predicted octanol–water partition coefficient (Wildman–Crippen LogP) is 3.56. The van der Waals surface area contributed by atoms with E-state index in [1.54, 1.807) is 37.6 Å². The highest BCUT2D eigenvalue weighted by Crippen LogP contribution is 2.30. The van der Waals surface area contributed by atoms with Crippen LogP contribution in [0.2, 0.25) is 5.02 Å². The van der Waals surface area contributed by atoms with Gasteiger partial charge in [-0.25, -0.2) is 4.98 Å². The molecule has 2 atom stereocenters. The summed E-state index contributed by atoms with van der Waals surface area (Å²) in [5.74, 6) is 2.97. The van der Waals surface area contributed by atoms with Crippen molar-refractivity contribution in [3.63, 3.8) is 0 Å². The number of aromatic nitrogens is 2. The van der Waals surface area contributed by atoms with E-state index in [4.69, 9.17) is 25.8 Å². The molecular formula is C27H34ClN3O5. The van der Waals surface area contributed by atoms with Crippen molar-refractivity contribution in [1.82, 2.24) is 14.5 Å². The van der Waals surface area contributed by atoms with Crippen molar-refractivity contribution in [2.75, 3.05) is 33.4 Å². The molecule has 1 aromatic heterocycles. The number of likely N-dealkylation sites (tertiary alicyclic amines) is 1. The van der Waals surface area contributed by atoms with Crippen LogP contribution in [0, 0.1) is 0 Å². The minimum absolute atomic E-state index is 0.0148. The van der Waals surface area contributed by atoms with Gasteiger partial charge in [-0.1, -0.05) is 24.6 Å². The number of aliphatic hydroxyl groups is 2. The van der Waals surface area contributed by atoms with Crippen molar-refractivity contribution >= 4 is 11.6 Å². The molecular weight excluding hydrogens is 482 g/mol. The van der Waals surface area contributed by atoms with Gasteiger partial charge in [0.25, 0.3) is 0 Å². The topological polar surface area (TPSA) is 89.2 Å². The Labute approximate surface area is 217 Å². The SMILES string of the molecule is CCc1nccn1CCOc1ccc(CN2CC[C@H](O)[C@@](O)(COc3ccc(Cl)cc3)C2)cc1OC. The van der Waals surface area contributed by atoms with Gasteiger partial charge in [0.15, 0.2) is 11.5 Å². The number of aryl methyl sites for hydroxylation is 1. The molecule has 36 heavy (non-hydrogen) atoms. The number of piperidine rings is 1. The molecule has 0 saturated carbocycles. The third-order valence-electron chi connectivity index (χ3n) is 6.48. The lowest BCUT2D eigenvalue weighted by Gasteiger charge is -2.42. The molecule has 0 bridgehead atoms. The fourth-order valence-electron chi connectivity index (χ4n) is 4.46. The second kappa shape index (κ2) is 12.0. The summed E-state index contributed by atoms with van der Waals surface area (Å²) in [6.07, 6.45) is 4.22. The molecule has 0 amide bonds. The first kappa shape index (κ1) is 26.3. The van der Waals surface area contributed by atoms with E-state index in [-0.39, 0.29) is 13.2 Å². The monoisotopic (exact) mass is 515 g/mol. The van der Waals surface area contributed by atoms with Gasteiger partial charge < -0.3 is 29.0 Å². The second-order valence-corrected chi connectivity index (χ2v) is 9.52. The first-order valence-electron chi connectivity index (χ1n) is 12.2. The zero-order valence-electron chi connectivity index (χ0n) is 20.8. The van der Waals surface area contributed by atoms with Crippen LogP contribution in [0.15, 0.2) is 54.9 Å². The Balaban J connectivity index is 1.34. The van der Waals surface area contributed by atoms with E-state index in [9.17, 15) is 10.2 Å². The Morgan fingerprint density at radius 2 is 1.94 bits per heavy atom. The van der Waals surface area contributed by atoms with Crippen molar-refractivity contribution < 1.29 is 24.4 Å². The van der Waals surface area contributed by atoms with Crippen LogP contribution in [0.1, 0.15) is 24.7 Å². The van der Waals surface area contributed by atoms with Crippen LogP contribution in [0.3, 0.4) is 0 Å². The molecule has 2 heterocycles. The third-order valence-corrected chi connectivity index (χ3v) is 6.73. The highest BCUT2D eigenvalue weighted by Gasteiger charge is 2.42. The maximum atomic E-state index is 11.2. The van der Waals surface area contributed by atoms with Gasteiger partial charge in [-0.05, 0) is 48.4 Å². The number of ether oxygens (including phenoxy) is 3. The van der Waals surface area contributed by atoms with Crippen LogP contribution in [-0.4, -0.2) is 69.8 Å². The number of β-amino-alcohol motifs (C(OH)–C–C–N with tert-alkyl or cyclic N) is 1. The molecule has 1 aliphatic heterocycles. The number of halogens is 1. The Hall–Kier alpha value is -2.78. The molecule has 0 spiro atoms. The molecule has 1 aliphatic rings. The standard InChI is InChI=1S/C27H34ClN3O5/c1-3-26-29-11-13-31(26)14-15-35-23-9-4-20(16-24(23)34-2)17-30-12-10-25(32)27(33,18-30)19-36-22-7-5-21(28)6-8-22/h4-9,11,13,16,25,32-33H,3,10,12,14-15,17-19H2,1-2H3/t25-,27-/m0/s1. The minimum atomic E-state index is -1.38. The van der Waals surface area contributed by atoms with E-state index >= 15 is 0 Å². The van der Waals surface area contributed by atoms with Gasteiger partial charge in [-0.3, -0.25) is 4.90 Å². The summed E-state index contributed by atoms with van der Waals surface area (Å²) in [7, 11) is 1.63. The van der Waals surface area contributed by atoms with Gasteiger partial charge in [0.05, 0.1) is 19.8 Å². The fourth-order valence-corrected chi connectivity index (χ4v) is 4.59. The summed E-state index contributed by atoms with van der Waals surface area (Å²) in [4.78, 5) is 6.45. The van der Waals surface area contributed by atoms with E-state index in [1.807, 2.05) is 24.4 Å². The molecule has 0 unspecified atom stereocenters. The predicted molar refractivity (Wildman–Crippen MR) is 138 cm³/mol. The van der Waals surface area contributed by atoms with Gasteiger partial charge >= 0.3 is 0 Å². The van der Waals surface area contributed by atoms with Crippen LogP contribution in [0.25, 0.3) is 0 Å². The zero-order valence-corrected chi connectivity index (χ0v) is 21.5. The number of aliphatic hydroxyl groups excluding tert-OH is 1. The fraction of sp³-hybridized carbons (Fsp3) is 0.444. The second-order valence-electron chi connectivity index (χ2n) is 9.09. The van der Waals surface area contributed by atoms with Gasteiger partial charge in [-0.15, -0.1) is 0 Å². The molecule has 8 nitrogen and oxygen atoms in total. The lowest BCUT2D eigenvalue weighted by atomic mass is 9.90. The van der Waals surface area contributed by atoms with Gasteiger partial charge in [0.2, 0.25) is 0 Å². The quantitative estimate of drug-likeness (QED) is 0.403. The summed E-state index contributed by atoms with van der Waals surface area (Å²) < 4.78 is 19.4. The maximum absolute atomic E-state index is 11.2. The number of imidazole rings is 1. The third kappa shape index (κ3) is 6.50. The number of nitrogens with zero attached hydrogens (tertiary/aromatic N) is 3. The number of methoxy groups -OCH3 is 1. The summed E-state index contributed by atoms with van der Waals surface area (Å²) >= 11 is 5.92. The number of hydrogen-bond donors (Lipinski definition) is 2. The Kier molecular flexibility index (Phi) is 8.74. The molecule has 2 aromatic carbocycles. The first-order chi connectivity index (χ1) is 17.4. The zero-order chi connectivity index (χ0) is 25.5. The van der Waals surface area contributed by atoms with Crippen molar-refractivity contribution in [1.29, 1.82) is 0 Å². The van der Waals surface area contributed by atoms with E-state index < -0.39 is 11.7 Å². The smallest absolute Gasteiger partial charge is 0.161 e. The molecule has 0 radical (unpaired) electrons. The van der Waals surface area contributed by atoms with E-state index in [2.05, 4.69) is 21.4 Å². The molecule has 1 fully saturated rings. The van der Waals surface area contributed by atoms with Crippen LogP contribution in [0.4, 0.5) is 0 Å². The highest BCUT2D eigenvalue weighted by atomic mass is 35.5. The van der Waals surface area contributed by atoms with Crippen molar-refractivity contribution in [2.24, 2.45) is 0 Å². The first-order valence-corrected chi connectivity index (χ1v) is 12.6. The molecule has 3 aromatic rings. The number of hydrogen-bond acceptors (Lipinski definition) is 7. The van der Waals surface area contributed by atoms with E-state index in [0.717, 1.165) is 17.8 Å². The molecule has 194 valence electrons. The van der Waals surface area contributed by atoms with E-state index in [0.29, 0.717) is 54.9 Å². The lowest BCUT2D eigenvalue weighted by molar-refractivity contribution is -0.140. The minimum Gasteiger partial charge on any atom is -0.493 e. The van der Waals surface area contributed by atoms with Gasteiger partial charge in [-0.2, -0.15) is 0 Å². The Morgan fingerprint density at radius 1 is 1.14 bits per heavy atom. The average Bonchev–Trinajstić information content (AvgIpc) is 3.34. The molecule has 2 N–H and O–H groups in total. The molecule has 0 aliphatic carbocycles. The Bertz CT molecular complexity index is 1120. The summed E-state index contributed by atoms with van der Waals surface area (Å²) in [6, 6.07) is 12.8. The molecule has 9 heteroatoms. The van der Waals surface area contributed by atoms with Crippen molar-refractivity contribution in [2.45, 2.75) is 44.6 Å². The van der Waals surface area contributed by atoms with Gasteiger partial charge in [0.1, 0.15) is 30.4 Å². The number of benzene rings is 2. The maximum Gasteiger partial charge on any atom is 0.161 e. The van der Waals surface area contributed by atoms with Crippen LogP contribution < -0.4 is 14.2 Å². The Morgan fingerprint density at radius 3 is 2.69 bits per heavy atom. The lowest BCUT2D eigenvalue weighted by Crippen LogP contribution is -2.59. The number of rotatable bonds is 11. The van der Waals surface area contributed by atoms with Crippen LogP contribution in [-0.2, 0) is 19.5 Å². The average molecular weight is 516 g/mol. The van der Waals surface area contributed by atoms with Crippen molar-refractivity contribution in [3.05, 3.63) is 71.3 Å². The summed E-state index contributed by atoms with van der Waals surface area (Å²) in [6.45, 7) is 4.83. The normalized spacial score (nSPS) is 20.3. The summed E-state index contributed by atoms with van der Waals surface area (Å²) in [5.41, 5.74) is -0.352. The van der Waals surface area contributed by atoms with E-state index in [1.165, 1.54) is 0 Å².